The maximum Gasteiger partial charge on any atom is 0.0297 e. The first-order valence-electron chi connectivity index (χ1n) is 6.23. The number of nitrogens with zero attached hydrogens (tertiary/aromatic N) is 1. The average Bonchev–Trinajstić information content (AvgIpc) is 2.12. The van der Waals surface area contributed by atoms with Gasteiger partial charge in [0.25, 0.3) is 0 Å². The van der Waals surface area contributed by atoms with Crippen molar-refractivity contribution in [3.63, 3.8) is 0 Å². The molecule has 1 fully saturated rings. The fraction of sp³-hybridized carbons (Fsp3) is 1.00. The maximum absolute atomic E-state index is 5.76. The van der Waals surface area contributed by atoms with Gasteiger partial charge in [-0.2, -0.15) is 0 Å². The van der Waals surface area contributed by atoms with E-state index in [1.165, 1.54) is 38.5 Å². The van der Waals surface area contributed by atoms with E-state index in [4.69, 9.17) is 5.73 Å². The molecule has 1 unspecified atom stereocenters. The minimum Gasteiger partial charge on any atom is -0.325 e. The van der Waals surface area contributed by atoms with Crippen LogP contribution in [0.25, 0.3) is 0 Å². The lowest BCUT2D eigenvalue weighted by molar-refractivity contribution is 0.0966. The lowest BCUT2D eigenvalue weighted by atomic mass is 10.0. The standard InChI is InChI=1S/C12H26N2/c1-3-4-5-6-7-8-11(2)14-9-12(13)10-14/h11-12H,3-10,13H2,1-2H3. The third-order valence-corrected chi connectivity index (χ3v) is 3.29. The van der Waals surface area contributed by atoms with Gasteiger partial charge in [-0.1, -0.05) is 39.0 Å². The molecule has 0 aromatic heterocycles. The minimum absolute atomic E-state index is 0.456. The van der Waals surface area contributed by atoms with E-state index >= 15 is 0 Å². The molecule has 0 bridgehead atoms. The van der Waals surface area contributed by atoms with Crippen molar-refractivity contribution in [1.29, 1.82) is 0 Å². The second kappa shape index (κ2) is 6.41. The Hall–Kier alpha value is -0.0800. The van der Waals surface area contributed by atoms with Crippen LogP contribution in [0.4, 0.5) is 0 Å². The summed E-state index contributed by atoms with van der Waals surface area (Å²) < 4.78 is 0. The van der Waals surface area contributed by atoms with Crippen LogP contribution in [-0.2, 0) is 0 Å². The molecule has 1 atom stereocenters. The molecule has 0 aromatic rings. The van der Waals surface area contributed by atoms with Gasteiger partial charge in [0.05, 0.1) is 0 Å². The highest BCUT2D eigenvalue weighted by Gasteiger charge is 2.26. The van der Waals surface area contributed by atoms with Crippen molar-refractivity contribution in [3.8, 4) is 0 Å². The summed E-state index contributed by atoms with van der Waals surface area (Å²) in [4.78, 5) is 2.50. The second-order valence-corrected chi connectivity index (χ2v) is 4.77. The van der Waals surface area contributed by atoms with Gasteiger partial charge < -0.3 is 5.73 Å². The van der Waals surface area contributed by atoms with Gasteiger partial charge in [0.1, 0.15) is 0 Å². The molecule has 2 nitrogen and oxygen atoms in total. The van der Waals surface area contributed by atoms with Crippen LogP contribution in [0.2, 0.25) is 0 Å². The minimum atomic E-state index is 0.456. The molecule has 1 saturated heterocycles. The van der Waals surface area contributed by atoms with Gasteiger partial charge in [-0.3, -0.25) is 4.90 Å². The van der Waals surface area contributed by atoms with E-state index in [1.54, 1.807) is 0 Å². The summed E-state index contributed by atoms with van der Waals surface area (Å²) in [6, 6.07) is 1.22. The van der Waals surface area contributed by atoms with E-state index in [9.17, 15) is 0 Å². The summed E-state index contributed by atoms with van der Waals surface area (Å²) >= 11 is 0. The van der Waals surface area contributed by atoms with Crippen LogP contribution in [0, 0.1) is 0 Å². The number of likely N-dealkylation sites (tertiary alicyclic amines) is 1. The number of nitrogens with two attached hydrogens (primary N) is 1. The third kappa shape index (κ3) is 3.97. The number of hydrogen-bond donors (Lipinski definition) is 1. The summed E-state index contributed by atoms with van der Waals surface area (Å²) in [5, 5.41) is 0. The Kier molecular flexibility index (Phi) is 5.49. The third-order valence-electron chi connectivity index (χ3n) is 3.29. The van der Waals surface area contributed by atoms with E-state index in [0.29, 0.717) is 6.04 Å². The first-order valence-corrected chi connectivity index (χ1v) is 6.23. The SMILES string of the molecule is CCCCCCCC(C)N1CC(N)C1. The smallest absolute Gasteiger partial charge is 0.0297 e. The summed E-state index contributed by atoms with van der Waals surface area (Å²) in [6.45, 7) is 6.85. The van der Waals surface area contributed by atoms with E-state index in [0.717, 1.165) is 19.1 Å². The van der Waals surface area contributed by atoms with Crippen molar-refractivity contribution in [2.24, 2.45) is 5.73 Å². The Morgan fingerprint density at radius 1 is 1.21 bits per heavy atom. The van der Waals surface area contributed by atoms with Gasteiger partial charge in [-0.15, -0.1) is 0 Å². The number of rotatable bonds is 7. The first kappa shape index (κ1) is 12.0. The first-order chi connectivity index (χ1) is 6.74. The van der Waals surface area contributed by atoms with Crippen LogP contribution in [-0.4, -0.2) is 30.1 Å². The molecule has 1 aliphatic rings. The van der Waals surface area contributed by atoms with E-state index in [2.05, 4.69) is 18.7 Å². The Labute approximate surface area is 88.8 Å². The molecule has 84 valence electrons. The average molecular weight is 198 g/mol. The summed E-state index contributed by atoms with van der Waals surface area (Å²) in [6.07, 6.45) is 8.34. The predicted octanol–water partition coefficient (Wildman–Crippen LogP) is 2.38. The Bertz CT molecular complexity index is 141. The normalized spacial score (nSPS) is 20.8. The van der Waals surface area contributed by atoms with Crippen molar-refractivity contribution in [2.45, 2.75) is 64.5 Å². The van der Waals surface area contributed by atoms with Gasteiger partial charge in [-0.25, -0.2) is 0 Å². The summed E-state index contributed by atoms with van der Waals surface area (Å²) in [7, 11) is 0. The Morgan fingerprint density at radius 2 is 1.86 bits per heavy atom. The molecule has 0 aliphatic carbocycles. The van der Waals surface area contributed by atoms with Crippen LogP contribution < -0.4 is 5.73 Å². The van der Waals surface area contributed by atoms with Crippen LogP contribution in [0.5, 0.6) is 0 Å². The zero-order valence-corrected chi connectivity index (χ0v) is 9.84. The van der Waals surface area contributed by atoms with Crippen molar-refractivity contribution in [3.05, 3.63) is 0 Å². The van der Waals surface area contributed by atoms with Crippen LogP contribution in [0.15, 0.2) is 0 Å². The van der Waals surface area contributed by atoms with E-state index < -0.39 is 0 Å². The summed E-state index contributed by atoms with van der Waals surface area (Å²) in [5.74, 6) is 0. The highest BCUT2D eigenvalue weighted by atomic mass is 15.2. The largest absolute Gasteiger partial charge is 0.325 e. The Morgan fingerprint density at radius 3 is 2.43 bits per heavy atom. The zero-order chi connectivity index (χ0) is 10.4. The molecule has 14 heavy (non-hydrogen) atoms. The van der Waals surface area contributed by atoms with E-state index in [1.807, 2.05) is 0 Å². The molecule has 1 rings (SSSR count). The number of hydrogen-bond acceptors (Lipinski definition) is 2. The van der Waals surface area contributed by atoms with Gasteiger partial charge in [-0.05, 0) is 13.3 Å². The molecule has 2 N–H and O–H groups in total. The molecular formula is C12H26N2. The van der Waals surface area contributed by atoms with E-state index in [-0.39, 0.29) is 0 Å². The fourth-order valence-electron chi connectivity index (χ4n) is 2.13. The van der Waals surface area contributed by atoms with Gasteiger partial charge in [0.15, 0.2) is 0 Å². The highest BCUT2D eigenvalue weighted by molar-refractivity contribution is 4.85. The number of unbranched alkanes of at least 4 members (excludes halogenated alkanes) is 4. The molecule has 1 aliphatic heterocycles. The molecule has 0 saturated carbocycles. The quantitative estimate of drug-likeness (QED) is 0.636. The monoisotopic (exact) mass is 198 g/mol. The highest BCUT2D eigenvalue weighted by Crippen LogP contribution is 2.16. The molecule has 0 amide bonds. The maximum atomic E-state index is 5.76. The van der Waals surface area contributed by atoms with Gasteiger partial charge in [0, 0.05) is 25.2 Å². The summed E-state index contributed by atoms with van der Waals surface area (Å²) in [5.41, 5.74) is 5.76. The molecule has 0 aromatic carbocycles. The molecule has 0 spiro atoms. The van der Waals surface area contributed by atoms with Crippen molar-refractivity contribution >= 4 is 0 Å². The zero-order valence-electron chi connectivity index (χ0n) is 9.84. The lowest BCUT2D eigenvalue weighted by Gasteiger charge is -2.41. The molecule has 0 radical (unpaired) electrons. The lowest BCUT2D eigenvalue weighted by Crippen LogP contribution is -2.58. The van der Waals surface area contributed by atoms with Crippen LogP contribution in [0.1, 0.15) is 52.4 Å². The Balaban J connectivity index is 1.90. The molecular weight excluding hydrogens is 172 g/mol. The van der Waals surface area contributed by atoms with Gasteiger partial charge >= 0.3 is 0 Å². The second-order valence-electron chi connectivity index (χ2n) is 4.77. The molecule has 1 heterocycles. The molecule has 2 heteroatoms. The fourth-order valence-corrected chi connectivity index (χ4v) is 2.13. The van der Waals surface area contributed by atoms with Crippen molar-refractivity contribution < 1.29 is 0 Å². The topological polar surface area (TPSA) is 29.3 Å². The van der Waals surface area contributed by atoms with Crippen LogP contribution in [0.3, 0.4) is 0 Å². The van der Waals surface area contributed by atoms with Crippen LogP contribution >= 0.6 is 0 Å². The predicted molar refractivity (Wildman–Crippen MR) is 62.4 cm³/mol. The van der Waals surface area contributed by atoms with Gasteiger partial charge in [0.2, 0.25) is 0 Å². The van der Waals surface area contributed by atoms with Crippen molar-refractivity contribution in [2.75, 3.05) is 13.1 Å². The van der Waals surface area contributed by atoms with Crippen molar-refractivity contribution in [1.82, 2.24) is 4.90 Å².